The molecule has 0 N–H and O–H groups in total. The fourth-order valence-corrected chi connectivity index (χ4v) is 2.87. The first-order chi connectivity index (χ1) is 11.3. The molecule has 3 aromatic rings. The van der Waals surface area contributed by atoms with E-state index >= 15 is 0 Å². The lowest BCUT2D eigenvalue weighted by Gasteiger charge is -2.05. The Hall–Kier alpha value is -1.04. The van der Waals surface area contributed by atoms with Crippen molar-refractivity contribution >= 4 is 59.4 Å². The highest BCUT2D eigenvalue weighted by atomic mass is 79.9. The standard InChI is InChI=1S/C9H6BrClFN3O.C3H3Br2N3/c1-15-9(13-8(10)14-15)16-6-4-2-3-5(12)7(6)11;1-8-3(5)6-2(4)7-8/h2-4H,1H3;1H3. The van der Waals surface area contributed by atoms with Crippen molar-refractivity contribution in [2.75, 3.05) is 0 Å². The maximum atomic E-state index is 13.1. The zero-order chi connectivity index (χ0) is 17.9. The van der Waals surface area contributed by atoms with Crippen molar-refractivity contribution in [2.45, 2.75) is 0 Å². The molecule has 0 radical (unpaired) electrons. The van der Waals surface area contributed by atoms with Crippen molar-refractivity contribution in [1.82, 2.24) is 29.5 Å². The van der Waals surface area contributed by atoms with Gasteiger partial charge in [-0.15, -0.1) is 10.2 Å². The van der Waals surface area contributed by atoms with Crippen LogP contribution >= 0.6 is 59.4 Å². The van der Waals surface area contributed by atoms with Gasteiger partial charge in [0.15, 0.2) is 10.5 Å². The Morgan fingerprint density at radius 3 is 2.12 bits per heavy atom. The summed E-state index contributed by atoms with van der Waals surface area (Å²) in [5.41, 5.74) is 0. The van der Waals surface area contributed by atoms with Crippen LogP contribution in [0.25, 0.3) is 0 Å². The molecule has 0 amide bonds. The lowest BCUT2D eigenvalue weighted by molar-refractivity contribution is 0.412. The van der Waals surface area contributed by atoms with E-state index in [1.165, 1.54) is 16.8 Å². The Bertz CT molecular complexity index is 836. The monoisotopic (exact) mass is 544 g/mol. The number of aryl methyl sites for hydroxylation is 2. The Balaban J connectivity index is 0.000000219. The molecule has 0 saturated heterocycles. The third-order valence-corrected chi connectivity index (χ3v) is 4.23. The molecule has 12 heteroatoms. The highest BCUT2D eigenvalue weighted by Crippen LogP contribution is 2.30. The van der Waals surface area contributed by atoms with Gasteiger partial charge >= 0.3 is 6.01 Å². The van der Waals surface area contributed by atoms with Crippen molar-refractivity contribution < 1.29 is 9.13 Å². The van der Waals surface area contributed by atoms with Gasteiger partial charge in [-0.05, 0) is 59.9 Å². The van der Waals surface area contributed by atoms with E-state index in [1.54, 1.807) is 17.8 Å². The zero-order valence-electron chi connectivity index (χ0n) is 12.2. The molecule has 7 nitrogen and oxygen atoms in total. The van der Waals surface area contributed by atoms with Gasteiger partial charge in [0.25, 0.3) is 0 Å². The molecule has 0 aliphatic carbocycles. The summed E-state index contributed by atoms with van der Waals surface area (Å²) in [5, 5.41) is 7.72. The molecule has 128 valence electrons. The number of ether oxygens (including phenoxy) is 1. The lowest BCUT2D eigenvalue weighted by Crippen LogP contribution is -1.96. The van der Waals surface area contributed by atoms with E-state index in [1.807, 2.05) is 7.05 Å². The summed E-state index contributed by atoms with van der Waals surface area (Å²) in [6.07, 6.45) is 0. The van der Waals surface area contributed by atoms with Crippen LogP contribution in [0.1, 0.15) is 0 Å². The molecular weight excluding hydrogens is 538 g/mol. The molecule has 24 heavy (non-hydrogen) atoms. The molecule has 0 aliphatic heterocycles. The van der Waals surface area contributed by atoms with E-state index in [4.69, 9.17) is 16.3 Å². The third kappa shape index (κ3) is 4.98. The van der Waals surface area contributed by atoms with E-state index in [0.29, 0.717) is 9.47 Å². The number of nitrogens with zero attached hydrogens (tertiary/aromatic N) is 6. The number of rotatable bonds is 2. The van der Waals surface area contributed by atoms with Gasteiger partial charge in [0, 0.05) is 14.1 Å². The zero-order valence-corrected chi connectivity index (χ0v) is 17.7. The second-order valence-electron chi connectivity index (χ2n) is 4.21. The van der Waals surface area contributed by atoms with Gasteiger partial charge in [-0.25, -0.2) is 13.8 Å². The number of hydrogen-bond acceptors (Lipinski definition) is 5. The first-order valence-electron chi connectivity index (χ1n) is 6.18. The van der Waals surface area contributed by atoms with E-state index in [9.17, 15) is 4.39 Å². The van der Waals surface area contributed by atoms with Gasteiger partial charge in [-0.3, -0.25) is 0 Å². The largest absolute Gasteiger partial charge is 0.423 e. The Kier molecular flexibility index (Phi) is 6.72. The molecule has 3 rings (SSSR count). The normalized spacial score (nSPS) is 10.3. The maximum absolute atomic E-state index is 13.1. The summed E-state index contributed by atoms with van der Waals surface area (Å²) in [6, 6.07) is 4.52. The molecule has 0 aliphatic rings. The predicted octanol–water partition coefficient (Wildman–Crippen LogP) is 4.50. The average molecular weight is 547 g/mol. The maximum Gasteiger partial charge on any atom is 0.321 e. The molecular formula is C12H9Br3ClFN6O. The van der Waals surface area contributed by atoms with Crippen LogP contribution in [0, 0.1) is 5.82 Å². The van der Waals surface area contributed by atoms with Crippen LogP contribution in [-0.2, 0) is 14.1 Å². The molecule has 2 aromatic heterocycles. The minimum atomic E-state index is -0.541. The Morgan fingerprint density at radius 1 is 1.04 bits per heavy atom. The highest BCUT2D eigenvalue weighted by molar-refractivity contribution is 9.11. The molecule has 0 spiro atoms. The molecule has 1 aromatic carbocycles. The fourth-order valence-electron chi connectivity index (χ4n) is 1.43. The van der Waals surface area contributed by atoms with Gasteiger partial charge in [-0.2, -0.15) is 9.97 Å². The van der Waals surface area contributed by atoms with Gasteiger partial charge < -0.3 is 4.74 Å². The molecule has 0 fully saturated rings. The second kappa shape index (κ2) is 8.37. The highest BCUT2D eigenvalue weighted by Gasteiger charge is 2.12. The molecule has 0 atom stereocenters. The first-order valence-corrected chi connectivity index (χ1v) is 8.94. The summed E-state index contributed by atoms with van der Waals surface area (Å²) in [7, 11) is 3.46. The van der Waals surface area contributed by atoms with Crippen molar-refractivity contribution in [3.8, 4) is 11.8 Å². The van der Waals surface area contributed by atoms with Crippen LogP contribution in [-0.4, -0.2) is 29.5 Å². The number of aromatic nitrogens is 6. The van der Waals surface area contributed by atoms with E-state index in [-0.39, 0.29) is 16.8 Å². The number of halogens is 5. The summed E-state index contributed by atoms with van der Waals surface area (Å²) in [4.78, 5) is 7.84. The molecule has 0 unspecified atom stereocenters. The number of hydrogen-bond donors (Lipinski definition) is 0. The lowest BCUT2D eigenvalue weighted by atomic mass is 10.3. The quantitative estimate of drug-likeness (QED) is 0.473. The minimum absolute atomic E-state index is 0.0818. The summed E-state index contributed by atoms with van der Waals surface area (Å²) in [5.74, 6) is -0.343. The van der Waals surface area contributed by atoms with Crippen molar-refractivity contribution in [3.63, 3.8) is 0 Å². The molecule has 0 saturated carbocycles. The van der Waals surface area contributed by atoms with Crippen molar-refractivity contribution in [1.29, 1.82) is 0 Å². The average Bonchev–Trinajstić information content (AvgIpc) is 2.97. The Morgan fingerprint density at radius 2 is 1.67 bits per heavy atom. The number of benzene rings is 1. The van der Waals surface area contributed by atoms with Gasteiger partial charge in [0.05, 0.1) is 0 Å². The minimum Gasteiger partial charge on any atom is -0.423 e. The van der Waals surface area contributed by atoms with E-state index in [2.05, 4.69) is 68.0 Å². The predicted molar refractivity (Wildman–Crippen MR) is 96.6 cm³/mol. The Labute approximate surface area is 166 Å². The van der Waals surface area contributed by atoms with Crippen LogP contribution in [0.15, 0.2) is 32.4 Å². The summed E-state index contributed by atoms with van der Waals surface area (Å²) < 4.78 is 23.2. The molecule has 0 bridgehead atoms. The van der Waals surface area contributed by atoms with E-state index in [0.717, 1.165) is 4.73 Å². The van der Waals surface area contributed by atoms with Gasteiger partial charge in [0.2, 0.25) is 9.47 Å². The van der Waals surface area contributed by atoms with Crippen molar-refractivity contribution in [3.05, 3.63) is 43.2 Å². The first kappa shape index (κ1) is 19.3. The topological polar surface area (TPSA) is 70.7 Å². The van der Waals surface area contributed by atoms with Crippen LogP contribution < -0.4 is 4.74 Å². The fraction of sp³-hybridized carbons (Fsp3) is 0.167. The molecule has 2 heterocycles. The van der Waals surface area contributed by atoms with E-state index < -0.39 is 5.82 Å². The third-order valence-electron chi connectivity index (χ3n) is 2.50. The van der Waals surface area contributed by atoms with Crippen LogP contribution in [0.5, 0.6) is 11.8 Å². The summed E-state index contributed by atoms with van der Waals surface area (Å²) in [6.45, 7) is 0. The van der Waals surface area contributed by atoms with Gasteiger partial charge in [0.1, 0.15) is 10.8 Å². The summed E-state index contributed by atoms with van der Waals surface area (Å²) >= 11 is 15.1. The van der Waals surface area contributed by atoms with Crippen LogP contribution in [0.4, 0.5) is 4.39 Å². The van der Waals surface area contributed by atoms with Crippen molar-refractivity contribution in [2.24, 2.45) is 14.1 Å². The second-order valence-corrected chi connectivity index (χ2v) is 6.72. The van der Waals surface area contributed by atoms with Crippen LogP contribution in [0.3, 0.4) is 0 Å². The van der Waals surface area contributed by atoms with Gasteiger partial charge in [-0.1, -0.05) is 17.7 Å². The smallest absolute Gasteiger partial charge is 0.321 e. The SMILES string of the molecule is Cn1nc(Br)nc1Br.Cn1nc(Br)nc1Oc1cccc(F)c1Cl. The van der Waals surface area contributed by atoms with Crippen LogP contribution in [0.2, 0.25) is 5.02 Å².